The summed E-state index contributed by atoms with van der Waals surface area (Å²) in [4.78, 5) is 17.1. The van der Waals surface area contributed by atoms with Gasteiger partial charge in [-0.1, -0.05) is 67.1 Å². The van der Waals surface area contributed by atoms with Crippen LogP contribution in [0.15, 0.2) is 72.9 Å². The van der Waals surface area contributed by atoms with Crippen LogP contribution in [0.25, 0.3) is 28.0 Å². The number of nitrogens with zero attached hydrogens (tertiary/aromatic N) is 2. The average Bonchev–Trinajstić information content (AvgIpc) is 3.15. The van der Waals surface area contributed by atoms with Gasteiger partial charge < -0.3 is 9.72 Å². The lowest BCUT2D eigenvalue weighted by Gasteiger charge is -2.09. The third-order valence-electron chi connectivity index (χ3n) is 5.11. The molecular formula is C25H24ClN3O. The van der Waals surface area contributed by atoms with Gasteiger partial charge in [0.15, 0.2) is 0 Å². The van der Waals surface area contributed by atoms with E-state index >= 15 is 0 Å². The van der Waals surface area contributed by atoms with Crippen molar-refractivity contribution in [3.63, 3.8) is 0 Å². The van der Waals surface area contributed by atoms with Crippen molar-refractivity contribution in [2.45, 2.75) is 26.2 Å². The molecule has 30 heavy (non-hydrogen) atoms. The zero-order chi connectivity index (χ0) is 20.9. The van der Waals surface area contributed by atoms with Crippen molar-refractivity contribution in [3.05, 3.63) is 83.6 Å². The Morgan fingerprint density at radius 3 is 2.53 bits per heavy atom. The van der Waals surface area contributed by atoms with Crippen LogP contribution in [0.4, 0.5) is 0 Å². The molecule has 2 heterocycles. The predicted molar refractivity (Wildman–Crippen MR) is 123 cm³/mol. The van der Waals surface area contributed by atoms with E-state index in [9.17, 15) is 4.79 Å². The minimum Gasteiger partial charge on any atom is -0.356 e. The first-order valence-electron chi connectivity index (χ1n) is 10.3. The van der Waals surface area contributed by atoms with Crippen molar-refractivity contribution in [3.8, 4) is 22.4 Å². The fourth-order valence-corrected chi connectivity index (χ4v) is 3.84. The molecule has 152 valence electrons. The molecule has 0 aliphatic rings. The van der Waals surface area contributed by atoms with E-state index in [1.807, 2.05) is 54.6 Å². The van der Waals surface area contributed by atoms with Gasteiger partial charge in [-0.3, -0.25) is 4.79 Å². The lowest BCUT2D eigenvalue weighted by atomic mass is 10.1. The Morgan fingerprint density at radius 1 is 1.00 bits per heavy atom. The number of amides is 1. The van der Waals surface area contributed by atoms with Gasteiger partial charge in [0.05, 0.1) is 11.4 Å². The number of imidazole rings is 1. The number of hydrogen-bond acceptors (Lipinski definition) is 2. The number of halogens is 1. The average molecular weight is 418 g/mol. The lowest BCUT2D eigenvalue weighted by molar-refractivity contribution is -0.121. The van der Waals surface area contributed by atoms with Gasteiger partial charge >= 0.3 is 0 Å². The van der Waals surface area contributed by atoms with Crippen molar-refractivity contribution in [1.82, 2.24) is 14.7 Å². The number of hydrogen-bond donors (Lipinski definition) is 1. The summed E-state index contributed by atoms with van der Waals surface area (Å²) in [7, 11) is 0. The number of carbonyl (C=O) groups excluding carboxylic acids is 1. The maximum atomic E-state index is 12.3. The first-order valence-corrected chi connectivity index (χ1v) is 10.6. The van der Waals surface area contributed by atoms with E-state index in [4.69, 9.17) is 16.6 Å². The molecule has 0 radical (unpaired) electrons. The Morgan fingerprint density at radius 2 is 1.77 bits per heavy atom. The number of rotatable bonds is 7. The van der Waals surface area contributed by atoms with Crippen molar-refractivity contribution in [1.29, 1.82) is 0 Å². The first-order chi connectivity index (χ1) is 14.7. The van der Waals surface area contributed by atoms with E-state index < -0.39 is 0 Å². The topological polar surface area (TPSA) is 46.4 Å². The highest BCUT2D eigenvalue weighted by atomic mass is 35.5. The van der Waals surface area contributed by atoms with Crippen LogP contribution >= 0.6 is 11.6 Å². The molecule has 0 saturated carbocycles. The van der Waals surface area contributed by atoms with Gasteiger partial charge in [0.2, 0.25) is 5.91 Å². The quantitative estimate of drug-likeness (QED) is 0.414. The van der Waals surface area contributed by atoms with E-state index in [0.717, 1.165) is 40.1 Å². The maximum Gasteiger partial charge on any atom is 0.220 e. The molecule has 1 amide bonds. The number of carbonyl (C=O) groups is 1. The molecule has 4 rings (SSSR count). The number of fused-ring (bicyclic) bond motifs is 1. The molecule has 0 unspecified atom stereocenters. The Kier molecular flexibility index (Phi) is 6.15. The summed E-state index contributed by atoms with van der Waals surface area (Å²) in [5.41, 5.74) is 5.83. The zero-order valence-electron chi connectivity index (χ0n) is 16.9. The molecule has 0 fully saturated rings. The van der Waals surface area contributed by atoms with Gasteiger partial charge in [-0.25, -0.2) is 4.98 Å². The third-order valence-corrected chi connectivity index (χ3v) is 5.44. The molecule has 5 heteroatoms. The van der Waals surface area contributed by atoms with Gasteiger partial charge in [0.25, 0.3) is 0 Å². The number of aryl methyl sites for hydroxylation is 1. The van der Waals surface area contributed by atoms with E-state index in [0.29, 0.717) is 24.4 Å². The van der Waals surface area contributed by atoms with Crippen molar-refractivity contribution < 1.29 is 4.79 Å². The molecule has 0 aliphatic carbocycles. The minimum atomic E-state index is 0.0630. The van der Waals surface area contributed by atoms with Gasteiger partial charge in [-0.2, -0.15) is 0 Å². The highest BCUT2D eigenvalue weighted by Gasteiger charge is 2.16. The minimum absolute atomic E-state index is 0.0630. The SMILES string of the molecule is CCCNC(=O)CCc1c(-c2ccccc2)nc2ccc(-c3ccccc3Cl)cn12. The normalized spacial score (nSPS) is 11.0. The van der Waals surface area contributed by atoms with Crippen LogP contribution in [0.1, 0.15) is 25.5 Å². The van der Waals surface area contributed by atoms with Crippen LogP contribution in [0.5, 0.6) is 0 Å². The van der Waals surface area contributed by atoms with Crippen LogP contribution in [0.3, 0.4) is 0 Å². The van der Waals surface area contributed by atoms with E-state index in [-0.39, 0.29) is 5.91 Å². The van der Waals surface area contributed by atoms with Crippen LogP contribution in [-0.4, -0.2) is 21.8 Å². The fraction of sp³-hybridized carbons (Fsp3) is 0.200. The smallest absolute Gasteiger partial charge is 0.220 e. The summed E-state index contributed by atoms with van der Waals surface area (Å²) in [6, 6.07) is 22.0. The zero-order valence-corrected chi connectivity index (χ0v) is 17.7. The Balaban J connectivity index is 1.78. The summed E-state index contributed by atoms with van der Waals surface area (Å²) < 4.78 is 2.09. The molecule has 2 aromatic heterocycles. The van der Waals surface area contributed by atoms with E-state index in [1.54, 1.807) is 0 Å². The Bertz CT molecular complexity index is 1170. The van der Waals surface area contributed by atoms with Crippen LogP contribution in [0.2, 0.25) is 5.02 Å². The van der Waals surface area contributed by atoms with Crippen molar-refractivity contribution in [2.24, 2.45) is 0 Å². The largest absolute Gasteiger partial charge is 0.356 e. The summed E-state index contributed by atoms with van der Waals surface area (Å²) in [6.45, 7) is 2.75. The molecule has 0 bridgehead atoms. The molecule has 2 aromatic carbocycles. The van der Waals surface area contributed by atoms with Gasteiger partial charge in [0, 0.05) is 35.3 Å². The van der Waals surface area contributed by atoms with Crippen LogP contribution < -0.4 is 5.32 Å². The molecule has 0 spiro atoms. The maximum absolute atomic E-state index is 12.3. The van der Waals surface area contributed by atoms with Gasteiger partial charge in [-0.15, -0.1) is 0 Å². The highest BCUT2D eigenvalue weighted by molar-refractivity contribution is 6.33. The number of pyridine rings is 1. The first kappa shape index (κ1) is 20.2. The highest BCUT2D eigenvalue weighted by Crippen LogP contribution is 2.31. The number of aromatic nitrogens is 2. The lowest BCUT2D eigenvalue weighted by Crippen LogP contribution is -2.24. The molecule has 4 aromatic rings. The van der Waals surface area contributed by atoms with Gasteiger partial charge in [-0.05, 0) is 36.6 Å². The summed E-state index contributed by atoms with van der Waals surface area (Å²) in [5, 5.41) is 3.67. The second-order valence-corrected chi connectivity index (χ2v) is 7.66. The van der Waals surface area contributed by atoms with Crippen molar-refractivity contribution in [2.75, 3.05) is 6.54 Å². The van der Waals surface area contributed by atoms with Crippen LogP contribution in [-0.2, 0) is 11.2 Å². The summed E-state index contributed by atoms with van der Waals surface area (Å²) >= 11 is 6.42. The summed E-state index contributed by atoms with van der Waals surface area (Å²) in [5.74, 6) is 0.0630. The number of benzene rings is 2. The molecule has 0 saturated heterocycles. The number of nitrogens with one attached hydrogen (secondary N) is 1. The van der Waals surface area contributed by atoms with Gasteiger partial charge in [0.1, 0.15) is 5.65 Å². The monoisotopic (exact) mass is 417 g/mol. The predicted octanol–water partition coefficient (Wildman–Crippen LogP) is 5.78. The third kappa shape index (κ3) is 4.24. The second-order valence-electron chi connectivity index (χ2n) is 7.25. The summed E-state index contributed by atoms with van der Waals surface area (Å²) in [6.07, 6.45) is 4.02. The molecule has 0 atom stereocenters. The molecule has 0 aliphatic heterocycles. The molecule has 4 nitrogen and oxygen atoms in total. The fourth-order valence-electron chi connectivity index (χ4n) is 3.60. The Hall–Kier alpha value is -3.11. The standard InChI is InChI=1S/C25H24ClN3O/c1-2-16-27-24(30)15-13-22-25(18-8-4-3-5-9-18)28-23-14-12-19(17-29(22)23)20-10-6-7-11-21(20)26/h3-12,14,17H,2,13,15-16H2,1H3,(H,27,30). The molecule has 1 N–H and O–H groups in total. The Labute approximate surface area is 181 Å². The molecular weight excluding hydrogens is 394 g/mol. The second kappa shape index (κ2) is 9.14. The van der Waals surface area contributed by atoms with E-state index in [2.05, 4.69) is 35.0 Å². The van der Waals surface area contributed by atoms with Crippen molar-refractivity contribution >= 4 is 23.2 Å². The van der Waals surface area contributed by atoms with Crippen LogP contribution in [0, 0.1) is 0 Å². The van der Waals surface area contributed by atoms with E-state index in [1.165, 1.54) is 0 Å².